The van der Waals surface area contributed by atoms with Gasteiger partial charge in [0, 0.05) is 39.4 Å². The molecule has 0 aliphatic carbocycles. The second-order valence-corrected chi connectivity index (χ2v) is 5.79. The number of nitrogens with two attached hydrogens (primary N) is 1. The first-order valence-electron chi connectivity index (χ1n) is 9.35. The molecule has 1 saturated heterocycles. The van der Waals surface area contributed by atoms with Gasteiger partial charge in [-0.3, -0.25) is 4.68 Å². The molecular weight excluding hydrogens is 344 g/mol. The number of nitrogens with zero attached hydrogens (tertiary/aromatic N) is 3. The van der Waals surface area contributed by atoms with Gasteiger partial charge in [0.25, 0.3) is 0 Å². The molecule has 1 unspecified atom stereocenters. The van der Waals surface area contributed by atoms with Crippen molar-refractivity contribution in [2.24, 2.45) is 5.73 Å². The van der Waals surface area contributed by atoms with Crippen LogP contribution in [0.2, 0.25) is 0 Å². The molecule has 1 aliphatic heterocycles. The molecule has 0 spiro atoms. The van der Waals surface area contributed by atoms with Crippen molar-refractivity contribution in [3.8, 4) is 0 Å². The number of hydrogen-bond donors (Lipinski definition) is 2. The highest BCUT2D eigenvalue weighted by molar-refractivity contribution is 5.38. The molecule has 7 heteroatoms. The number of piperidine rings is 1. The van der Waals surface area contributed by atoms with E-state index in [1.54, 1.807) is 14.2 Å². The predicted molar refractivity (Wildman–Crippen MR) is 109 cm³/mol. The number of aliphatic hydroxyl groups is 1. The summed E-state index contributed by atoms with van der Waals surface area (Å²) in [5.74, 6) is -0.0517. The van der Waals surface area contributed by atoms with E-state index in [2.05, 4.69) is 27.9 Å². The average molecular weight is 379 g/mol. The Kier molecular flexibility index (Phi) is 10.0. The molecular formula is C20H34N4O3. The molecule has 1 aromatic carbocycles. The quantitative estimate of drug-likeness (QED) is 0.775. The third kappa shape index (κ3) is 5.77. The normalized spacial score (nSPS) is 18.0. The first-order chi connectivity index (χ1) is 13.2. The number of hydrogen-bond acceptors (Lipinski definition) is 6. The van der Waals surface area contributed by atoms with Crippen molar-refractivity contribution in [3.05, 3.63) is 48.2 Å². The van der Waals surface area contributed by atoms with E-state index >= 15 is 0 Å². The van der Waals surface area contributed by atoms with E-state index in [1.807, 2.05) is 49.0 Å². The van der Waals surface area contributed by atoms with E-state index in [9.17, 15) is 5.11 Å². The van der Waals surface area contributed by atoms with E-state index < -0.39 is 11.9 Å². The van der Waals surface area contributed by atoms with Crippen LogP contribution in [0.5, 0.6) is 0 Å². The first kappa shape index (κ1) is 23.1. The van der Waals surface area contributed by atoms with E-state index in [0.717, 1.165) is 18.9 Å². The lowest BCUT2D eigenvalue weighted by Gasteiger charge is -2.43. The number of methoxy groups -OCH3 is 2. The van der Waals surface area contributed by atoms with Gasteiger partial charge in [0.15, 0.2) is 11.6 Å². The molecule has 3 N–H and O–H groups in total. The first-order valence-corrected chi connectivity index (χ1v) is 9.35. The molecule has 1 fully saturated rings. The summed E-state index contributed by atoms with van der Waals surface area (Å²) in [5, 5.41) is 15.0. The Bertz CT molecular complexity index is 629. The molecule has 2 heterocycles. The Morgan fingerprint density at radius 3 is 2.33 bits per heavy atom. The van der Waals surface area contributed by atoms with Crippen LogP contribution in [0.25, 0.3) is 0 Å². The smallest absolute Gasteiger partial charge is 0.197 e. The van der Waals surface area contributed by atoms with Crippen LogP contribution in [-0.4, -0.2) is 61.1 Å². The number of anilines is 1. The minimum absolute atomic E-state index is 0.435. The van der Waals surface area contributed by atoms with Gasteiger partial charge in [-0.2, -0.15) is 5.10 Å². The van der Waals surface area contributed by atoms with Crippen molar-refractivity contribution in [1.29, 1.82) is 0 Å². The van der Waals surface area contributed by atoms with Gasteiger partial charge >= 0.3 is 0 Å². The summed E-state index contributed by atoms with van der Waals surface area (Å²) in [6.45, 7) is 5.89. The number of aliphatic hydroxyl groups excluding tert-OH is 1. The lowest BCUT2D eigenvalue weighted by Crippen LogP contribution is -2.57. The van der Waals surface area contributed by atoms with E-state index in [4.69, 9.17) is 9.47 Å². The van der Waals surface area contributed by atoms with Gasteiger partial charge in [0.05, 0.1) is 13.1 Å². The summed E-state index contributed by atoms with van der Waals surface area (Å²) in [5.41, 5.74) is 5.71. The lowest BCUT2D eigenvalue weighted by atomic mass is 10.0. The van der Waals surface area contributed by atoms with Gasteiger partial charge in [-0.25, -0.2) is 0 Å². The fraction of sp³-hybridized carbons (Fsp3) is 0.550. The predicted octanol–water partition coefficient (Wildman–Crippen LogP) is 2.09. The highest BCUT2D eigenvalue weighted by Gasteiger charge is 2.43. The Hall–Kier alpha value is -1.93. The molecule has 2 aromatic rings. The fourth-order valence-electron chi connectivity index (χ4n) is 3.04. The van der Waals surface area contributed by atoms with Crippen LogP contribution in [0.4, 0.5) is 5.82 Å². The van der Waals surface area contributed by atoms with E-state index in [0.29, 0.717) is 13.0 Å². The Labute approximate surface area is 162 Å². The van der Waals surface area contributed by atoms with Gasteiger partial charge < -0.3 is 25.2 Å². The van der Waals surface area contributed by atoms with E-state index in [1.165, 1.54) is 12.6 Å². The SMILES string of the molecule is CC.CN.COC1(OC)CCN(c2ccn(Cc3ccccc3)n2)CC1O. The molecule has 1 aromatic heterocycles. The van der Waals surface area contributed by atoms with Crippen LogP contribution in [-0.2, 0) is 16.0 Å². The number of benzene rings is 1. The Morgan fingerprint density at radius 2 is 1.78 bits per heavy atom. The van der Waals surface area contributed by atoms with Crippen LogP contribution >= 0.6 is 0 Å². The number of aromatic nitrogens is 2. The standard InChI is InChI=1S/C17H23N3O3.C2H6.CH5N/c1-22-17(23-2)9-11-19(13-15(17)21)16-8-10-20(18-16)12-14-6-4-3-5-7-14;2*1-2/h3-8,10,15,21H,9,11-13H2,1-2H3;1-2H3;2H2,1H3. The number of rotatable bonds is 5. The second kappa shape index (κ2) is 11.7. The summed E-state index contributed by atoms with van der Waals surface area (Å²) in [6.07, 6.45) is 1.83. The van der Waals surface area contributed by atoms with E-state index in [-0.39, 0.29) is 0 Å². The molecule has 0 bridgehead atoms. The van der Waals surface area contributed by atoms with Crippen LogP contribution in [0, 0.1) is 0 Å². The molecule has 0 saturated carbocycles. The summed E-state index contributed by atoms with van der Waals surface area (Å²) in [7, 11) is 4.63. The second-order valence-electron chi connectivity index (χ2n) is 5.79. The third-order valence-electron chi connectivity index (χ3n) is 4.46. The molecule has 3 rings (SSSR count). The minimum atomic E-state index is -0.914. The molecule has 0 amide bonds. The summed E-state index contributed by atoms with van der Waals surface area (Å²) < 4.78 is 12.7. The van der Waals surface area contributed by atoms with Crippen molar-refractivity contribution in [1.82, 2.24) is 9.78 Å². The topological polar surface area (TPSA) is 85.8 Å². The Morgan fingerprint density at radius 1 is 1.15 bits per heavy atom. The molecule has 1 atom stereocenters. The molecule has 7 nitrogen and oxygen atoms in total. The van der Waals surface area contributed by atoms with Gasteiger partial charge in [0.2, 0.25) is 0 Å². The Balaban J connectivity index is 0.000000855. The molecule has 1 aliphatic rings. The molecule has 152 valence electrons. The van der Waals surface area contributed by atoms with Gasteiger partial charge in [-0.05, 0) is 12.6 Å². The lowest BCUT2D eigenvalue weighted by molar-refractivity contribution is -0.264. The van der Waals surface area contributed by atoms with Crippen molar-refractivity contribution < 1.29 is 14.6 Å². The zero-order chi connectivity index (χ0) is 20.3. The van der Waals surface area contributed by atoms with Crippen LogP contribution in [0.15, 0.2) is 42.6 Å². The maximum Gasteiger partial charge on any atom is 0.197 e. The summed E-state index contributed by atoms with van der Waals surface area (Å²) in [6, 6.07) is 12.2. The highest BCUT2D eigenvalue weighted by atomic mass is 16.7. The minimum Gasteiger partial charge on any atom is -0.386 e. The van der Waals surface area contributed by atoms with Crippen LogP contribution in [0.1, 0.15) is 25.8 Å². The van der Waals surface area contributed by atoms with Crippen LogP contribution < -0.4 is 10.6 Å². The maximum atomic E-state index is 10.4. The monoisotopic (exact) mass is 378 g/mol. The van der Waals surface area contributed by atoms with Gasteiger partial charge in [-0.1, -0.05) is 44.2 Å². The highest BCUT2D eigenvalue weighted by Crippen LogP contribution is 2.29. The number of β-amino-alcohol motifs (C(OH)–C–C–N with tert-alkyl or cyclic N) is 1. The van der Waals surface area contributed by atoms with Crippen LogP contribution in [0.3, 0.4) is 0 Å². The maximum absolute atomic E-state index is 10.4. The molecule has 0 radical (unpaired) electrons. The fourth-order valence-corrected chi connectivity index (χ4v) is 3.04. The average Bonchev–Trinajstić information content (AvgIpc) is 3.20. The number of ether oxygens (including phenoxy) is 2. The van der Waals surface area contributed by atoms with Crippen molar-refractivity contribution in [2.45, 2.75) is 38.7 Å². The molecule has 27 heavy (non-hydrogen) atoms. The zero-order valence-corrected chi connectivity index (χ0v) is 17.1. The largest absolute Gasteiger partial charge is 0.386 e. The van der Waals surface area contributed by atoms with Gasteiger partial charge in [0.1, 0.15) is 6.10 Å². The summed E-state index contributed by atoms with van der Waals surface area (Å²) in [4.78, 5) is 2.06. The van der Waals surface area contributed by atoms with Gasteiger partial charge in [-0.15, -0.1) is 0 Å². The zero-order valence-electron chi connectivity index (χ0n) is 17.1. The van der Waals surface area contributed by atoms with Crippen molar-refractivity contribution in [2.75, 3.05) is 39.3 Å². The van der Waals surface area contributed by atoms with Crippen molar-refractivity contribution in [3.63, 3.8) is 0 Å². The van der Waals surface area contributed by atoms with Crippen molar-refractivity contribution >= 4 is 5.82 Å². The third-order valence-corrected chi connectivity index (χ3v) is 4.46. The summed E-state index contributed by atoms with van der Waals surface area (Å²) >= 11 is 0.